The Hall–Kier alpha value is -2.38. The lowest BCUT2D eigenvalue weighted by Crippen LogP contribution is -2.59. The van der Waals surface area contributed by atoms with Crippen molar-refractivity contribution in [1.82, 2.24) is 16.0 Å². The Morgan fingerprint density at radius 3 is 1.89 bits per heavy atom. The average molecular weight is 421 g/mol. The van der Waals surface area contributed by atoms with Crippen molar-refractivity contribution < 1.29 is 34.2 Å². The molecule has 0 spiro atoms. The Kier molecular flexibility index (Phi) is 11.1. The molecular formula is C15H27N5O7S. The third-order valence-corrected chi connectivity index (χ3v) is 4.01. The van der Waals surface area contributed by atoms with Gasteiger partial charge in [-0.15, -0.1) is 0 Å². The lowest BCUT2D eigenvalue weighted by molar-refractivity contribution is -0.143. The Balaban J connectivity index is 5.32. The van der Waals surface area contributed by atoms with E-state index in [0.29, 0.717) is 0 Å². The number of hydrogen-bond acceptors (Lipinski definition) is 8. The molecule has 160 valence electrons. The lowest BCUT2D eigenvalue weighted by Gasteiger charge is -2.26. The van der Waals surface area contributed by atoms with Crippen LogP contribution in [0.3, 0.4) is 0 Å². The van der Waals surface area contributed by atoms with Crippen molar-refractivity contribution in [3.63, 3.8) is 0 Å². The molecule has 0 aromatic rings. The number of hydrogen-bond donors (Lipinski definition) is 8. The number of carboxylic acids is 1. The maximum atomic E-state index is 12.5. The number of rotatable bonds is 12. The van der Waals surface area contributed by atoms with Crippen LogP contribution in [-0.2, 0) is 24.0 Å². The van der Waals surface area contributed by atoms with Gasteiger partial charge in [0.1, 0.15) is 18.1 Å². The van der Waals surface area contributed by atoms with Crippen LogP contribution < -0.4 is 27.4 Å². The SMILES string of the molecule is CC(C)C(NC(=O)C(CC(N)=O)NC(=O)C(N)CS)C(=O)NC(CO)C(=O)O. The zero-order chi connectivity index (χ0) is 22.0. The highest BCUT2D eigenvalue weighted by Crippen LogP contribution is 2.05. The fourth-order valence-corrected chi connectivity index (χ4v) is 2.17. The number of aliphatic hydroxyl groups excluding tert-OH is 1. The molecule has 0 saturated carbocycles. The first-order chi connectivity index (χ1) is 12.9. The summed E-state index contributed by atoms with van der Waals surface area (Å²) >= 11 is 3.87. The fraction of sp³-hybridized carbons (Fsp3) is 0.667. The minimum Gasteiger partial charge on any atom is -0.480 e. The summed E-state index contributed by atoms with van der Waals surface area (Å²) in [7, 11) is 0. The van der Waals surface area contributed by atoms with E-state index in [-0.39, 0.29) is 5.75 Å². The van der Waals surface area contributed by atoms with Crippen LogP contribution in [0.5, 0.6) is 0 Å². The van der Waals surface area contributed by atoms with Gasteiger partial charge in [0.05, 0.1) is 19.1 Å². The maximum Gasteiger partial charge on any atom is 0.328 e. The van der Waals surface area contributed by atoms with Crippen LogP contribution in [0.4, 0.5) is 0 Å². The van der Waals surface area contributed by atoms with Gasteiger partial charge in [-0.1, -0.05) is 13.8 Å². The Morgan fingerprint density at radius 2 is 1.50 bits per heavy atom. The second kappa shape index (κ2) is 12.2. The zero-order valence-corrected chi connectivity index (χ0v) is 16.4. The van der Waals surface area contributed by atoms with Crippen molar-refractivity contribution in [1.29, 1.82) is 0 Å². The van der Waals surface area contributed by atoms with Crippen molar-refractivity contribution in [2.24, 2.45) is 17.4 Å². The van der Waals surface area contributed by atoms with E-state index in [2.05, 4.69) is 28.6 Å². The molecule has 0 aliphatic heterocycles. The summed E-state index contributed by atoms with van der Waals surface area (Å²) in [5.41, 5.74) is 10.6. The molecule has 28 heavy (non-hydrogen) atoms. The smallest absolute Gasteiger partial charge is 0.328 e. The number of primary amides is 1. The molecule has 0 aliphatic carbocycles. The Bertz CT molecular complexity index is 601. The highest BCUT2D eigenvalue weighted by atomic mass is 32.1. The van der Waals surface area contributed by atoms with Crippen molar-refractivity contribution in [2.75, 3.05) is 12.4 Å². The second-order valence-corrected chi connectivity index (χ2v) is 6.70. The standard InChI is InChI=1S/C15H27N5O7S/c1-6(2)11(14(25)19-9(4-21)15(26)27)20-13(24)8(3-10(17)22)18-12(23)7(16)5-28/h6-9,11,21,28H,3-5,16H2,1-2H3,(H2,17,22)(H,18,23)(H,19,25)(H,20,24)(H,26,27). The first-order valence-corrected chi connectivity index (χ1v) is 8.97. The van der Waals surface area contributed by atoms with Gasteiger partial charge in [0, 0.05) is 5.75 Å². The van der Waals surface area contributed by atoms with Crippen molar-refractivity contribution in [3.8, 4) is 0 Å². The second-order valence-electron chi connectivity index (χ2n) is 6.33. The number of aliphatic carboxylic acids is 1. The minimum absolute atomic E-state index is 0.00843. The number of carbonyl (C=O) groups is 5. The fourth-order valence-electron chi connectivity index (χ4n) is 2.01. The minimum atomic E-state index is -1.56. The van der Waals surface area contributed by atoms with Crippen LogP contribution in [0.25, 0.3) is 0 Å². The molecular weight excluding hydrogens is 394 g/mol. The van der Waals surface area contributed by atoms with Crippen LogP contribution in [0, 0.1) is 5.92 Å². The van der Waals surface area contributed by atoms with E-state index in [9.17, 15) is 24.0 Å². The third kappa shape index (κ3) is 8.54. The van der Waals surface area contributed by atoms with Crippen LogP contribution in [-0.4, -0.2) is 76.3 Å². The van der Waals surface area contributed by atoms with E-state index in [1.807, 2.05) is 0 Å². The van der Waals surface area contributed by atoms with Gasteiger partial charge in [-0.3, -0.25) is 19.2 Å². The van der Waals surface area contributed by atoms with Gasteiger partial charge >= 0.3 is 5.97 Å². The van der Waals surface area contributed by atoms with E-state index in [1.54, 1.807) is 13.8 Å². The molecule has 4 atom stereocenters. The molecule has 0 aromatic heterocycles. The summed E-state index contributed by atoms with van der Waals surface area (Å²) in [5, 5.41) is 24.6. The van der Waals surface area contributed by atoms with Crippen molar-refractivity contribution in [3.05, 3.63) is 0 Å². The molecule has 0 heterocycles. The molecule has 9 N–H and O–H groups in total. The first kappa shape index (κ1) is 25.6. The molecule has 4 amide bonds. The van der Waals surface area contributed by atoms with Crippen molar-refractivity contribution in [2.45, 2.75) is 44.4 Å². The number of aliphatic hydroxyl groups is 1. The largest absolute Gasteiger partial charge is 0.480 e. The Morgan fingerprint density at radius 1 is 0.964 bits per heavy atom. The molecule has 0 aromatic carbocycles. The van der Waals surface area contributed by atoms with Gasteiger partial charge in [-0.25, -0.2) is 4.79 Å². The summed E-state index contributed by atoms with van der Waals surface area (Å²) in [6.45, 7) is 2.32. The maximum absolute atomic E-state index is 12.5. The van der Waals surface area contributed by atoms with E-state index in [0.717, 1.165) is 0 Å². The monoisotopic (exact) mass is 421 g/mol. The van der Waals surface area contributed by atoms with E-state index in [1.165, 1.54) is 0 Å². The average Bonchev–Trinajstić information content (AvgIpc) is 2.61. The van der Waals surface area contributed by atoms with Crippen molar-refractivity contribution >= 4 is 42.2 Å². The van der Waals surface area contributed by atoms with Crippen LogP contribution in [0.15, 0.2) is 0 Å². The molecule has 0 saturated heterocycles. The number of nitrogens with two attached hydrogens (primary N) is 2. The quantitative estimate of drug-likeness (QED) is 0.146. The molecule has 12 nitrogen and oxygen atoms in total. The van der Waals surface area contributed by atoms with Gasteiger partial charge in [-0.2, -0.15) is 12.6 Å². The predicted octanol–water partition coefficient (Wildman–Crippen LogP) is -3.69. The third-order valence-electron chi connectivity index (χ3n) is 3.62. The molecule has 0 aliphatic rings. The zero-order valence-electron chi connectivity index (χ0n) is 15.5. The summed E-state index contributed by atoms with van der Waals surface area (Å²) in [6.07, 6.45) is -0.544. The summed E-state index contributed by atoms with van der Waals surface area (Å²) in [4.78, 5) is 58.9. The predicted molar refractivity (Wildman–Crippen MR) is 101 cm³/mol. The number of nitrogens with one attached hydrogen (secondary N) is 3. The van der Waals surface area contributed by atoms with E-state index in [4.69, 9.17) is 21.7 Å². The topological polar surface area (TPSA) is 214 Å². The molecule has 0 bridgehead atoms. The number of carboxylic acid groups (broad SMARTS) is 1. The molecule has 4 unspecified atom stereocenters. The number of thiol groups is 1. The Labute approximate surface area is 167 Å². The van der Waals surface area contributed by atoms with E-state index >= 15 is 0 Å². The van der Waals surface area contributed by atoms with Gasteiger partial charge < -0.3 is 37.6 Å². The number of carbonyl (C=O) groups excluding carboxylic acids is 4. The lowest BCUT2D eigenvalue weighted by atomic mass is 10.0. The van der Waals surface area contributed by atoms with Crippen LogP contribution in [0.1, 0.15) is 20.3 Å². The summed E-state index contributed by atoms with van der Waals surface area (Å²) in [5.74, 6) is -5.31. The van der Waals surface area contributed by atoms with Crippen LogP contribution in [0.2, 0.25) is 0 Å². The van der Waals surface area contributed by atoms with Crippen LogP contribution >= 0.6 is 12.6 Å². The molecule has 13 heteroatoms. The highest BCUT2D eigenvalue weighted by Gasteiger charge is 2.32. The van der Waals surface area contributed by atoms with E-state index < -0.39 is 72.7 Å². The number of amides is 4. The molecule has 0 fully saturated rings. The summed E-state index contributed by atoms with van der Waals surface area (Å²) < 4.78 is 0. The summed E-state index contributed by atoms with van der Waals surface area (Å²) in [6, 6.07) is -5.18. The highest BCUT2D eigenvalue weighted by molar-refractivity contribution is 7.80. The normalized spacial score (nSPS) is 15.1. The van der Waals surface area contributed by atoms with Gasteiger partial charge in [0.15, 0.2) is 0 Å². The van der Waals surface area contributed by atoms with Gasteiger partial charge in [-0.05, 0) is 5.92 Å². The molecule has 0 rings (SSSR count). The first-order valence-electron chi connectivity index (χ1n) is 8.34. The van der Waals surface area contributed by atoms with Gasteiger partial charge in [0.2, 0.25) is 23.6 Å². The van der Waals surface area contributed by atoms with Gasteiger partial charge in [0.25, 0.3) is 0 Å². The molecule has 0 radical (unpaired) electrons.